The third kappa shape index (κ3) is 3.94. The van der Waals surface area contributed by atoms with Crippen LogP contribution in [0.2, 0.25) is 0 Å². The van der Waals surface area contributed by atoms with E-state index in [-0.39, 0.29) is 11.8 Å². The zero-order valence-corrected chi connectivity index (χ0v) is 11.5. The van der Waals surface area contributed by atoms with Crippen LogP contribution in [0.1, 0.15) is 44.6 Å². The van der Waals surface area contributed by atoms with E-state index >= 15 is 0 Å². The van der Waals surface area contributed by atoms with E-state index in [1.54, 1.807) is 6.20 Å². The summed E-state index contributed by atoms with van der Waals surface area (Å²) in [5.74, 6) is 0.987. The van der Waals surface area contributed by atoms with Crippen LogP contribution in [0.25, 0.3) is 0 Å². The highest BCUT2D eigenvalue weighted by atomic mass is 16.5. The second-order valence-electron chi connectivity index (χ2n) is 4.95. The van der Waals surface area contributed by atoms with Gasteiger partial charge >= 0.3 is 0 Å². The smallest absolute Gasteiger partial charge is 0.223 e. The van der Waals surface area contributed by atoms with Crippen LogP contribution in [-0.4, -0.2) is 17.5 Å². The van der Waals surface area contributed by atoms with E-state index in [4.69, 9.17) is 4.74 Å². The minimum atomic E-state index is 0.172. The van der Waals surface area contributed by atoms with Gasteiger partial charge < -0.3 is 10.1 Å². The summed E-state index contributed by atoms with van der Waals surface area (Å²) in [5.41, 5.74) is 0.938. The molecule has 0 bridgehead atoms. The van der Waals surface area contributed by atoms with Gasteiger partial charge in [-0.1, -0.05) is 25.3 Å². The van der Waals surface area contributed by atoms with Gasteiger partial charge in [-0.15, -0.1) is 0 Å². The average molecular weight is 262 g/mol. The summed E-state index contributed by atoms with van der Waals surface area (Å²) < 4.78 is 5.45. The summed E-state index contributed by atoms with van der Waals surface area (Å²) >= 11 is 0. The van der Waals surface area contributed by atoms with Crippen molar-refractivity contribution in [2.45, 2.75) is 45.6 Å². The summed E-state index contributed by atoms with van der Waals surface area (Å²) in [5, 5.41) is 3.01. The third-order valence-electron chi connectivity index (χ3n) is 3.56. The Bertz CT molecular complexity index is 414. The van der Waals surface area contributed by atoms with Gasteiger partial charge in [0.15, 0.2) is 0 Å². The van der Waals surface area contributed by atoms with E-state index in [1.807, 2.05) is 19.1 Å². The molecule has 4 nitrogen and oxygen atoms in total. The predicted octanol–water partition coefficient (Wildman–Crippen LogP) is 2.68. The Morgan fingerprint density at radius 3 is 2.95 bits per heavy atom. The van der Waals surface area contributed by atoms with Gasteiger partial charge in [0, 0.05) is 24.2 Å². The highest BCUT2D eigenvalue weighted by Gasteiger charge is 2.20. The van der Waals surface area contributed by atoms with Crippen molar-refractivity contribution in [3.05, 3.63) is 23.9 Å². The van der Waals surface area contributed by atoms with E-state index in [2.05, 4.69) is 10.3 Å². The molecule has 1 fully saturated rings. The lowest BCUT2D eigenvalue weighted by atomic mass is 9.88. The molecule has 1 aliphatic rings. The highest BCUT2D eigenvalue weighted by Crippen LogP contribution is 2.24. The quantitative estimate of drug-likeness (QED) is 0.887. The summed E-state index contributed by atoms with van der Waals surface area (Å²) in [7, 11) is 0. The zero-order valence-electron chi connectivity index (χ0n) is 11.5. The minimum Gasteiger partial charge on any atom is -0.478 e. The molecule has 2 rings (SSSR count). The Labute approximate surface area is 114 Å². The van der Waals surface area contributed by atoms with Crippen LogP contribution >= 0.6 is 0 Å². The fourth-order valence-electron chi connectivity index (χ4n) is 2.52. The van der Waals surface area contributed by atoms with Gasteiger partial charge in [0.05, 0.1) is 6.61 Å². The summed E-state index contributed by atoms with van der Waals surface area (Å²) in [6.45, 7) is 3.01. The van der Waals surface area contributed by atoms with Gasteiger partial charge in [0.1, 0.15) is 0 Å². The fraction of sp³-hybridized carbons (Fsp3) is 0.600. The molecular weight excluding hydrogens is 240 g/mol. The largest absolute Gasteiger partial charge is 0.478 e. The number of nitrogens with one attached hydrogen (secondary N) is 1. The van der Waals surface area contributed by atoms with E-state index in [0.29, 0.717) is 19.0 Å². The lowest BCUT2D eigenvalue weighted by Gasteiger charge is -2.21. The number of hydrogen-bond donors (Lipinski definition) is 1. The maximum Gasteiger partial charge on any atom is 0.223 e. The first-order valence-electron chi connectivity index (χ1n) is 7.15. The maximum atomic E-state index is 12.1. The first kappa shape index (κ1) is 13.8. The molecule has 0 aliphatic heterocycles. The monoisotopic (exact) mass is 262 g/mol. The summed E-state index contributed by atoms with van der Waals surface area (Å²) in [6, 6.07) is 3.81. The number of nitrogens with zero attached hydrogens (tertiary/aromatic N) is 1. The van der Waals surface area contributed by atoms with Gasteiger partial charge in [-0.3, -0.25) is 4.79 Å². The van der Waals surface area contributed by atoms with Crippen LogP contribution in [0.5, 0.6) is 5.88 Å². The number of rotatable bonds is 5. The molecule has 0 aromatic carbocycles. The van der Waals surface area contributed by atoms with Crippen LogP contribution in [-0.2, 0) is 11.3 Å². The molecule has 1 aliphatic carbocycles. The molecule has 0 atom stereocenters. The van der Waals surface area contributed by atoms with Crippen LogP contribution in [0.15, 0.2) is 18.3 Å². The lowest BCUT2D eigenvalue weighted by molar-refractivity contribution is -0.126. The van der Waals surface area contributed by atoms with Crippen molar-refractivity contribution in [3.8, 4) is 5.88 Å². The van der Waals surface area contributed by atoms with Crippen LogP contribution in [0.3, 0.4) is 0 Å². The molecule has 1 N–H and O–H groups in total. The Kier molecular flexibility index (Phi) is 5.19. The van der Waals surface area contributed by atoms with E-state index in [9.17, 15) is 4.79 Å². The number of carbonyl (C=O) groups is 1. The standard InChI is InChI=1S/C15H22N2O2/c1-2-19-15-13(9-6-10-16-15)11-17-14(18)12-7-4-3-5-8-12/h6,9-10,12H,2-5,7-8,11H2,1H3,(H,17,18). The van der Waals surface area contributed by atoms with Gasteiger partial charge in [0.2, 0.25) is 11.8 Å². The maximum absolute atomic E-state index is 12.1. The number of carbonyl (C=O) groups excluding carboxylic acids is 1. The number of pyridine rings is 1. The molecule has 1 aromatic rings. The van der Waals surface area contributed by atoms with E-state index < -0.39 is 0 Å². The molecule has 1 heterocycles. The van der Waals surface area contributed by atoms with Crippen molar-refractivity contribution in [2.24, 2.45) is 5.92 Å². The number of hydrogen-bond acceptors (Lipinski definition) is 3. The molecule has 0 unspecified atom stereocenters. The van der Waals surface area contributed by atoms with Crippen molar-refractivity contribution in [2.75, 3.05) is 6.61 Å². The SMILES string of the molecule is CCOc1ncccc1CNC(=O)C1CCCCC1. The molecular formula is C15H22N2O2. The Morgan fingerprint density at radius 2 is 2.21 bits per heavy atom. The molecule has 1 saturated carbocycles. The predicted molar refractivity (Wildman–Crippen MR) is 73.8 cm³/mol. The molecule has 0 radical (unpaired) electrons. The first-order chi connectivity index (χ1) is 9.31. The minimum absolute atomic E-state index is 0.172. The van der Waals surface area contributed by atoms with Crippen LogP contribution in [0, 0.1) is 5.92 Å². The van der Waals surface area contributed by atoms with Crippen molar-refractivity contribution in [1.29, 1.82) is 0 Å². The Morgan fingerprint density at radius 1 is 1.42 bits per heavy atom. The summed E-state index contributed by atoms with van der Waals surface area (Å²) in [4.78, 5) is 16.3. The molecule has 1 aromatic heterocycles. The van der Waals surface area contributed by atoms with Crippen molar-refractivity contribution < 1.29 is 9.53 Å². The van der Waals surface area contributed by atoms with Gasteiger partial charge in [0.25, 0.3) is 0 Å². The molecule has 1 amide bonds. The molecule has 4 heteroatoms. The zero-order chi connectivity index (χ0) is 13.5. The number of aromatic nitrogens is 1. The van der Waals surface area contributed by atoms with E-state index in [0.717, 1.165) is 18.4 Å². The average Bonchev–Trinajstić information content (AvgIpc) is 2.47. The lowest BCUT2D eigenvalue weighted by Crippen LogP contribution is -2.31. The van der Waals surface area contributed by atoms with Crippen LogP contribution < -0.4 is 10.1 Å². The molecule has 0 saturated heterocycles. The molecule has 19 heavy (non-hydrogen) atoms. The van der Waals surface area contributed by atoms with Crippen molar-refractivity contribution >= 4 is 5.91 Å². The third-order valence-corrected chi connectivity index (χ3v) is 3.56. The van der Waals surface area contributed by atoms with Crippen molar-refractivity contribution in [3.63, 3.8) is 0 Å². The summed E-state index contributed by atoms with van der Waals surface area (Å²) in [6.07, 6.45) is 7.37. The number of amides is 1. The van der Waals surface area contributed by atoms with Gasteiger partial charge in [-0.05, 0) is 25.8 Å². The van der Waals surface area contributed by atoms with Gasteiger partial charge in [-0.2, -0.15) is 0 Å². The Balaban J connectivity index is 1.89. The van der Waals surface area contributed by atoms with Gasteiger partial charge in [-0.25, -0.2) is 4.98 Å². The van der Waals surface area contributed by atoms with Crippen molar-refractivity contribution in [1.82, 2.24) is 10.3 Å². The number of ether oxygens (including phenoxy) is 1. The second kappa shape index (κ2) is 7.12. The Hall–Kier alpha value is -1.58. The first-order valence-corrected chi connectivity index (χ1v) is 7.15. The molecule has 0 spiro atoms. The fourth-order valence-corrected chi connectivity index (χ4v) is 2.52. The topological polar surface area (TPSA) is 51.2 Å². The normalized spacial score (nSPS) is 16.1. The second-order valence-corrected chi connectivity index (χ2v) is 4.95. The van der Waals surface area contributed by atoms with Crippen LogP contribution in [0.4, 0.5) is 0 Å². The van der Waals surface area contributed by atoms with E-state index in [1.165, 1.54) is 19.3 Å². The highest BCUT2D eigenvalue weighted by molar-refractivity contribution is 5.78. The molecule has 104 valence electrons.